The summed E-state index contributed by atoms with van der Waals surface area (Å²) in [5, 5.41) is 10.0. The van der Waals surface area contributed by atoms with Crippen molar-refractivity contribution in [1.82, 2.24) is 19.5 Å². The van der Waals surface area contributed by atoms with Crippen LogP contribution in [-0.4, -0.2) is 43.0 Å². The number of rotatable bonds is 5. The van der Waals surface area contributed by atoms with Crippen LogP contribution in [-0.2, 0) is 18.6 Å². The summed E-state index contributed by atoms with van der Waals surface area (Å²) in [5.41, 5.74) is 6.18. The first-order valence-electron chi connectivity index (χ1n) is 6.87. The summed E-state index contributed by atoms with van der Waals surface area (Å²) in [6.07, 6.45) is -2.28. The highest BCUT2D eigenvalue weighted by Crippen LogP contribution is 2.46. The van der Waals surface area contributed by atoms with Crippen LogP contribution in [0.3, 0.4) is 0 Å². The van der Waals surface area contributed by atoms with Crippen LogP contribution in [0.1, 0.15) is 6.23 Å². The number of hydrogen-bond donors (Lipinski definition) is 4. The fraction of sp³-hybridized carbons (Fsp3) is 0.364. The van der Waals surface area contributed by atoms with Crippen molar-refractivity contribution in [2.24, 2.45) is 11.8 Å². The molecule has 25 heavy (non-hydrogen) atoms. The van der Waals surface area contributed by atoms with Crippen LogP contribution in [0.5, 0.6) is 0 Å². The number of anilines is 1. The van der Waals surface area contributed by atoms with Gasteiger partial charge in [-0.2, -0.15) is 0 Å². The molecule has 1 aliphatic rings. The molecular weight excluding hydrogens is 360 g/mol. The maximum absolute atomic E-state index is 14.5. The molecule has 3 heterocycles. The van der Waals surface area contributed by atoms with Crippen LogP contribution in [0.4, 0.5) is 10.2 Å². The summed E-state index contributed by atoms with van der Waals surface area (Å²) in [6.45, 7) is 0. The van der Waals surface area contributed by atoms with E-state index in [0.29, 0.717) is 0 Å². The van der Waals surface area contributed by atoms with Crippen molar-refractivity contribution in [2.75, 3.05) is 5.73 Å². The molecular formula is C11H15FN7O5P. The number of alkyl halides is 1. The number of imidazole rings is 1. The van der Waals surface area contributed by atoms with E-state index in [1.165, 1.54) is 17.2 Å². The number of halogens is 1. The minimum atomic E-state index is -3.90. The van der Waals surface area contributed by atoms with E-state index in [4.69, 9.17) is 22.3 Å². The number of nitrogen functional groups attached to an aromatic ring is 1. The van der Waals surface area contributed by atoms with Crippen molar-refractivity contribution >= 4 is 24.6 Å². The van der Waals surface area contributed by atoms with E-state index in [9.17, 15) is 14.1 Å². The smallest absolute Gasteiger partial charge is 0.386 e. The number of fused-ring (bicyclic) bond motifs is 1. The van der Waals surface area contributed by atoms with E-state index in [-0.39, 0.29) is 17.0 Å². The number of nitrogens with two attached hydrogens (primary N) is 3. The lowest BCUT2D eigenvalue weighted by molar-refractivity contribution is -0.00171. The van der Waals surface area contributed by atoms with Crippen LogP contribution >= 0.6 is 7.60 Å². The zero-order valence-electron chi connectivity index (χ0n) is 12.5. The molecule has 1 fully saturated rings. The Labute approximate surface area is 139 Å². The topological polar surface area (TPSA) is 187 Å². The van der Waals surface area contributed by atoms with Crippen LogP contribution in [0, 0.1) is 0 Å². The van der Waals surface area contributed by atoms with Gasteiger partial charge in [0.25, 0.3) is 0 Å². The average Bonchev–Trinajstić information content (AvgIpc) is 3.16. The molecule has 4 atom stereocenters. The lowest BCUT2D eigenvalue weighted by Crippen LogP contribution is -2.27. The Hall–Kier alpha value is -1.99. The van der Waals surface area contributed by atoms with Crippen LogP contribution in [0.15, 0.2) is 24.5 Å². The molecule has 2 aromatic rings. The van der Waals surface area contributed by atoms with E-state index in [0.717, 1.165) is 11.9 Å². The number of aliphatic hydroxyl groups is 1. The van der Waals surface area contributed by atoms with Crippen molar-refractivity contribution in [1.29, 1.82) is 0 Å². The van der Waals surface area contributed by atoms with Gasteiger partial charge in [-0.25, -0.2) is 40.4 Å². The maximum atomic E-state index is 14.5. The van der Waals surface area contributed by atoms with Crippen molar-refractivity contribution in [2.45, 2.75) is 24.6 Å². The summed E-state index contributed by atoms with van der Waals surface area (Å²) in [4.78, 5) is 11.8. The van der Waals surface area contributed by atoms with E-state index in [2.05, 4.69) is 24.2 Å². The molecule has 0 aromatic carbocycles. The van der Waals surface area contributed by atoms with E-state index < -0.39 is 32.2 Å². The standard InChI is InChI=1S/C11H15FN7O5P/c12-6-8(20)5(1-2-25(21,23-14)24-15)22-11(6)19-4-18-7-9(13)16-3-17-10(7)19/h1-6,8,11,20H,14-15H2,(H2,13,16,17)/t5-,6+,8-,11-/m1/s1. The maximum Gasteiger partial charge on any atom is 0.386 e. The van der Waals surface area contributed by atoms with Gasteiger partial charge in [0.15, 0.2) is 23.9 Å². The number of hydrogen-bond acceptors (Lipinski definition) is 11. The van der Waals surface area contributed by atoms with Gasteiger partial charge >= 0.3 is 7.60 Å². The molecule has 3 rings (SSSR count). The minimum Gasteiger partial charge on any atom is -0.387 e. The summed E-state index contributed by atoms with van der Waals surface area (Å²) in [5.74, 6) is 10.6. The molecule has 0 radical (unpaired) electrons. The third-order valence-corrected chi connectivity index (χ3v) is 4.77. The van der Waals surface area contributed by atoms with Crippen molar-refractivity contribution in [3.8, 4) is 0 Å². The van der Waals surface area contributed by atoms with Gasteiger partial charge in [0.05, 0.1) is 6.33 Å². The Morgan fingerprint density at radius 1 is 1.36 bits per heavy atom. The van der Waals surface area contributed by atoms with Crippen molar-refractivity contribution < 1.29 is 28.0 Å². The molecule has 0 unspecified atom stereocenters. The summed E-state index contributed by atoms with van der Waals surface area (Å²) >= 11 is 0. The predicted octanol–water partition coefficient (Wildman–Crippen LogP) is -0.508. The molecule has 1 saturated heterocycles. The highest BCUT2D eigenvalue weighted by molar-refractivity contribution is 7.57. The fourth-order valence-corrected chi connectivity index (χ4v) is 2.96. The Balaban J connectivity index is 1.88. The third-order valence-electron chi connectivity index (χ3n) is 3.65. The molecule has 0 aliphatic carbocycles. The van der Waals surface area contributed by atoms with Crippen LogP contribution in [0.25, 0.3) is 11.2 Å². The molecule has 7 N–H and O–H groups in total. The molecule has 0 spiro atoms. The predicted molar refractivity (Wildman–Crippen MR) is 81.8 cm³/mol. The third kappa shape index (κ3) is 3.14. The molecule has 12 nitrogen and oxygen atoms in total. The average molecular weight is 375 g/mol. The largest absolute Gasteiger partial charge is 0.387 e. The second-order valence-corrected chi connectivity index (χ2v) is 6.90. The first-order valence-corrected chi connectivity index (χ1v) is 8.48. The molecule has 2 aromatic heterocycles. The van der Waals surface area contributed by atoms with Gasteiger partial charge in [0.2, 0.25) is 0 Å². The Morgan fingerprint density at radius 3 is 2.76 bits per heavy atom. The van der Waals surface area contributed by atoms with Gasteiger partial charge in [-0.3, -0.25) is 9.13 Å². The Bertz CT molecular complexity index is 839. The second-order valence-electron chi connectivity index (χ2n) is 5.10. The van der Waals surface area contributed by atoms with Gasteiger partial charge in [-0.05, 0) is 6.08 Å². The highest BCUT2D eigenvalue weighted by Gasteiger charge is 2.45. The summed E-state index contributed by atoms with van der Waals surface area (Å²) in [6, 6.07) is 0. The first-order chi connectivity index (χ1) is 11.9. The summed E-state index contributed by atoms with van der Waals surface area (Å²) < 4.78 is 41.2. The van der Waals surface area contributed by atoms with Gasteiger partial charge in [-0.15, -0.1) is 0 Å². The van der Waals surface area contributed by atoms with Crippen LogP contribution in [0.2, 0.25) is 0 Å². The van der Waals surface area contributed by atoms with Crippen molar-refractivity contribution in [3.63, 3.8) is 0 Å². The highest BCUT2D eigenvalue weighted by atomic mass is 31.2. The fourth-order valence-electron chi connectivity index (χ4n) is 2.39. The number of aliphatic hydroxyl groups excluding tert-OH is 1. The quantitative estimate of drug-likeness (QED) is 0.389. The number of aromatic nitrogens is 4. The van der Waals surface area contributed by atoms with Gasteiger partial charge < -0.3 is 15.6 Å². The Morgan fingerprint density at radius 2 is 2.08 bits per heavy atom. The summed E-state index contributed by atoms with van der Waals surface area (Å²) in [7, 11) is -3.90. The zero-order chi connectivity index (χ0) is 18.2. The van der Waals surface area contributed by atoms with Gasteiger partial charge in [-0.1, -0.05) is 0 Å². The second kappa shape index (κ2) is 6.72. The Kier molecular flexibility index (Phi) is 4.79. The lowest BCUT2D eigenvalue weighted by atomic mass is 10.1. The SMILES string of the molecule is NOP(=O)(C=C[C@H]1O[C@@H](n2cnc3c(N)ncnc32)[C@@H](F)[C@@H]1O)ON. The minimum absolute atomic E-state index is 0.121. The lowest BCUT2D eigenvalue weighted by Gasteiger charge is -2.14. The molecule has 0 saturated carbocycles. The van der Waals surface area contributed by atoms with Crippen LogP contribution < -0.4 is 17.5 Å². The van der Waals surface area contributed by atoms with Crippen molar-refractivity contribution in [3.05, 3.63) is 24.5 Å². The zero-order valence-corrected chi connectivity index (χ0v) is 13.4. The normalized spacial score (nSPS) is 27.5. The monoisotopic (exact) mass is 375 g/mol. The molecule has 14 heteroatoms. The molecule has 1 aliphatic heterocycles. The van der Waals surface area contributed by atoms with Gasteiger partial charge in [0, 0.05) is 5.82 Å². The molecule has 136 valence electrons. The molecule has 0 bridgehead atoms. The van der Waals surface area contributed by atoms with E-state index in [1.807, 2.05) is 0 Å². The van der Waals surface area contributed by atoms with E-state index in [1.54, 1.807) is 0 Å². The first kappa shape index (κ1) is 17.8. The number of nitrogens with zero attached hydrogens (tertiary/aromatic N) is 4. The molecule has 0 amide bonds. The number of ether oxygens (including phenoxy) is 1. The van der Waals surface area contributed by atoms with Gasteiger partial charge in [0.1, 0.15) is 24.1 Å². The van der Waals surface area contributed by atoms with E-state index >= 15 is 0 Å².